The monoisotopic (exact) mass is 306 g/mol. The Morgan fingerprint density at radius 1 is 1.41 bits per heavy atom. The second-order valence-electron chi connectivity index (χ2n) is 2.81. The lowest BCUT2D eigenvalue weighted by Crippen LogP contribution is -2.09. The lowest BCUT2D eigenvalue weighted by molar-refractivity contribution is -0.141. The molecule has 0 radical (unpaired) electrons. The van der Waals surface area contributed by atoms with Crippen molar-refractivity contribution in [3.8, 4) is 0 Å². The summed E-state index contributed by atoms with van der Waals surface area (Å²) in [4.78, 5) is 6.84. The predicted octanol–water partition coefficient (Wildman–Crippen LogP) is 2.16. The summed E-state index contributed by atoms with van der Waals surface area (Å²) < 4.78 is 57.9. The van der Waals surface area contributed by atoms with E-state index >= 15 is 0 Å². The lowest BCUT2D eigenvalue weighted by Gasteiger charge is -2.06. The first-order chi connectivity index (χ1) is 7.68. The molecule has 0 aliphatic rings. The molecule has 0 bridgehead atoms. The third-order valence-corrected chi connectivity index (χ3v) is 3.76. The average molecular weight is 307 g/mol. The van der Waals surface area contributed by atoms with Crippen LogP contribution in [-0.2, 0) is 15.2 Å². The Bertz CT molecular complexity index is 492. The molecular formula is C7H6ClF3N2O2S2. The maximum atomic E-state index is 12.3. The van der Waals surface area contributed by atoms with Gasteiger partial charge in [-0.05, 0) is 6.07 Å². The van der Waals surface area contributed by atoms with Crippen molar-refractivity contribution in [1.29, 1.82) is 0 Å². The molecule has 0 atom stereocenters. The highest BCUT2D eigenvalue weighted by molar-refractivity contribution is 8.14. The van der Waals surface area contributed by atoms with E-state index in [-0.39, 0.29) is 16.7 Å². The molecule has 0 saturated carbocycles. The van der Waals surface area contributed by atoms with E-state index in [0.29, 0.717) is 0 Å². The zero-order valence-electron chi connectivity index (χ0n) is 8.11. The van der Waals surface area contributed by atoms with Crippen LogP contribution in [-0.4, -0.2) is 29.9 Å². The first kappa shape index (κ1) is 14.5. The molecule has 0 aliphatic carbocycles. The van der Waals surface area contributed by atoms with Gasteiger partial charge in [0.05, 0.1) is 5.75 Å². The summed E-state index contributed by atoms with van der Waals surface area (Å²) in [6, 6.07) is 0.738. The van der Waals surface area contributed by atoms with Crippen LogP contribution in [0.5, 0.6) is 0 Å². The third-order valence-electron chi connectivity index (χ3n) is 1.48. The van der Waals surface area contributed by atoms with Crippen molar-refractivity contribution in [1.82, 2.24) is 9.97 Å². The molecule has 0 spiro atoms. The van der Waals surface area contributed by atoms with Crippen LogP contribution in [0.4, 0.5) is 13.2 Å². The van der Waals surface area contributed by atoms with Gasteiger partial charge in [-0.15, -0.1) is 0 Å². The summed E-state index contributed by atoms with van der Waals surface area (Å²) >= 11 is 0.792. The number of rotatable bonds is 4. The van der Waals surface area contributed by atoms with Gasteiger partial charge in [-0.25, -0.2) is 18.4 Å². The molecule has 1 aromatic heterocycles. The van der Waals surface area contributed by atoms with Gasteiger partial charge in [0.15, 0.2) is 5.16 Å². The quantitative estimate of drug-likeness (QED) is 0.484. The van der Waals surface area contributed by atoms with Crippen LogP contribution in [0.2, 0.25) is 0 Å². The van der Waals surface area contributed by atoms with E-state index in [1.54, 1.807) is 0 Å². The maximum absolute atomic E-state index is 12.3. The van der Waals surface area contributed by atoms with E-state index in [2.05, 4.69) is 9.97 Å². The highest BCUT2D eigenvalue weighted by Gasteiger charge is 2.32. The topological polar surface area (TPSA) is 59.9 Å². The summed E-state index contributed by atoms with van der Waals surface area (Å²) in [5.74, 6) is -0.369. The van der Waals surface area contributed by atoms with Gasteiger partial charge in [0.1, 0.15) is 5.69 Å². The number of nitrogens with zero attached hydrogens (tertiary/aromatic N) is 2. The molecule has 0 aliphatic heterocycles. The van der Waals surface area contributed by atoms with Crippen LogP contribution in [0, 0.1) is 0 Å². The van der Waals surface area contributed by atoms with E-state index in [1.165, 1.54) is 0 Å². The van der Waals surface area contributed by atoms with Crippen LogP contribution in [0.1, 0.15) is 5.69 Å². The molecule has 1 heterocycles. The minimum absolute atomic E-state index is 0.00680. The second-order valence-corrected chi connectivity index (χ2v) is 6.77. The number of aromatic nitrogens is 2. The summed E-state index contributed by atoms with van der Waals surface area (Å²) in [7, 11) is 1.28. The van der Waals surface area contributed by atoms with Gasteiger partial charge in [0.2, 0.25) is 9.05 Å². The Balaban J connectivity index is 2.67. The third kappa shape index (κ3) is 5.55. The Labute approximate surface area is 104 Å². The summed E-state index contributed by atoms with van der Waals surface area (Å²) in [5, 5.41) is -0.139. The van der Waals surface area contributed by atoms with Crippen molar-refractivity contribution in [3.63, 3.8) is 0 Å². The van der Waals surface area contributed by atoms with Gasteiger partial charge in [-0.2, -0.15) is 13.2 Å². The van der Waals surface area contributed by atoms with E-state index in [0.717, 1.165) is 24.0 Å². The Kier molecular flexibility index (Phi) is 4.62. The number of thioether (sulfide) groups is 1. The van der Waals surface area contributed by atoms with Gasteiger partial charge in [-0.3, -0.25) is 0 Å². The Morgan fingerprint density at radius 2 is 2.06 bits per heavy atom. The van der Waals surface area contributed by atoms with E-state index in [4.69, 9.17) is 10.7 Å². The molecule has 1 aromatic rings. The van der Waals surface area contributed by atoms with Crippen molar-refractivity contribution in [2.75, 3.05) is 11.5 Å². The van der Waals surface area contributed by atoms with Crippen LogP contribution < -0.4 is 0 Å². The highest BCUT2D eigenvalue weighted by Crippen LogP contribution is 2.28. The summed E-state index contributed by atoms with van der Waals surface area (Å²) in [6.07, 6.45) is -3.58. The maximum Gasteiger partial charge on any atom is 0.433 e. The molecule has 0 unspecified atom stereocenters. The fourth-order valence-corrected chi connectivity index (χ4v) is 2.98. The minimum atomic E-state index is -4.54. The molecule has 96 valence electrons. The van der Waals surface area contributed by atoms with Gasteiger partial charge in [0, 0.05) is 22.6 Å². The van der Waals surface area contributed by atoms with E-state index in [1.807, 2.05) is 0 Å². The minimum Gasteiger partial charge on any atom is -0.231 e. The first-order valence-corrected chi connectivity index (χ1v) is 7.60. The summed E-state index contributed by atoms with van der Waals surface area (Å²) in [5.41, 5.74) is -1.07. The number of hydrogen-bond donors (Lipinski definition) is 0. The van der Waals surface area contributed by atoms with Crippen LogP contribution in [0.25, 0.3) is 0 Å². The molecule has 17 heavy (non-hydrogen) atoms. The van der Waals surface area contributed by atoms with Crippen molar-refractivity contribution in [2.45, 2.75) is 11.3 Å². The smallest absolute Gasteiger partial charge is 0.231 e. The van der Waals surface area contributed by atoms with Crippen molar-refractivity contribution in [3.05, 3.63) is 18.0 Å². The zero-order chi connectivity index (χ0) is 13.1. The molecule has 10 heteroatoms. The normalized spacial score (nSPS) is 12.7. The largest absolute Gasteiger partial charge is 0.433 e. The molecule has 0 aromatic carbocycles. The lowest BCUT2D eigenvalue weighted by atomic mass is 10.4. The molecule has 0 N–H and O–H groups in total. The van der Waals surface area contributed by atoms with E-state index in [9.17, 15) is 21.6 Å². The van der Waals surface area contributed by atoms with Crippen molar-refractivity contribution >= 4 is 31.5 Å². The number of alkyl halides is 3. The molecule has 0 fully saturated rings. The molecule has 0 amide bonds. The standard InChI is InChI=1S/C7H6ClF3N2O2S2/c8-17(14,15)4-3-16-6-12-2-1-5(13-6)7(9,10)11/h1-2H,3-4H2. The van der Waals surface area contributed by atoms with Gasteiger partial charge in [0.25, 0.3) is 0 Å². The predicted molar refractivity (Wildman–Crippen MR) is 57.4 cm³/mol. The van der Waals surface area contributed by atoms with Gasteiger partial charge in [-0.1, -0.05) is 11.8 Å². The molecule has 0 saturated heterocycles. The molecular weight excluding hydrogens is 301 g/mol. The van der Waals surface area contributed by atoms with Crippen LogP contribution in [0.3, 0.4) is 0 Å². The van der Waals surface area contributed by atoms with Crippen molar-refractivity contribution < 1.29 is 21.6 Å². The fraction of sp³-hybridized carbons (Fsp3) is 0.429. The Hall–Kier alpha value is -0.540. The SMILES string of the molecule is O=S(=O)(Cl)CCSc1nccc(C(F)(F)F)n1. The number of halogens is 4. The highest BCUT2D eigenvalue weighted by atomic mass is 35.7. The Morgan fingerprint density at radius 3 is 2.59 bits per heavy atom. The second kappa shape index (κ2) is 5.40. The first-order valence-electron chi connectivity index (χ1n) is 4.14. The molecule has 1 rings (SSSR count). The van der Waals surface area contributed by atoms with Crippen LogP contribution in [0.15, 0.2) is 17.4 Å². The number of hydrogen-bond acceptors (Lipinski definition) is 5. The summed E-state index contributed by atoms with van der Waals surface area (Å²) in [6.45, 7) is 0. The van der Waals surface area contributed by atoms with Crippen LogP contribution >= 0.6 is 22.4 Å². The zero-order valence-corrected chi connectivity index (χ0v) is 10.5. The van der Waals surface area contributed by atoms with Crippen molar-refractivity contribution in [2.24, 2.45) is 0 Å². The van der Waals surface area contributed by atoms with Gasteiger partial charge >= 0.3 is 6.18 Å². The average Bonchev–Trinajstić information content (AvgIpc) is 2.15. The fourth-order valence-electron chi connectivity index (χ4n) is 0.801. The molecule has 4 nitrogen and oxygen atoms in total. The van der Waals surface area contributed by atoms with Gasteiger partial charge < -0.3 is 0 Å². The van der Waals surface area contributed by atoms with E-state index < -0.39 is 20.9 Å².